The number of anilines is 1. The number of carbonyl (C=O) groups is 1. The number of aryl methyl sites for hydroxylation is 1. The van der Waals surface area contributed by atoms with E-state index < -0.39 is 9.84 Å². The molecule has 122 valence electrons. The van der Waals surface area contributed by atoms with Crippen molar-refractivity contribution in [3.8, 4) is 0 Å². The van der Waals surface area contributed by atoms with Gasteiger partial charge in [-0.15, -0.1) is 11.3 Å². The van der Waals surface area contributed by atoms with Crippen LogP contribution in [0.5, 0.6) is 0 Å². The van der Waals surface area contributed by atoms with Crippen LogP contribution in [-0.4, -0.2) is 25.6 Å². The monoisotopic (exact) mass is 350 g/mol. The van der Waals surface area contributed by atoms with Crippen molar-refractivity contribution in [2.75, 3.05) is 11.6 Å². The molecule has 1 aromatic carbocycles. The molecule has 0 fully saturated rings. The summed E-state index contributed by atoms with van der Waals surface area (Å²) in [6.07, 6.45) is 4.21. The molecule has 7 heteroatoms. The number of benzene rings is 1. The molecule has 1 aliphatic rings. The Balaban J connectivity index is 1.80. The second-order valence-corrected chi connectivity index (χ2v) is 9.09. The first-order chi connectivity index (χ1) is 10.8. The average Bonchev–Trinajstić information content (AvgIpc) is 2.87. The first-order valence-electron chi connectivity index (χ1n) is 7.43. The Kier molecular flexibility index (Phi) is 4.25. The predicted octanol–water partition coefficient (Wildman–Crippen LogP) is 2.92. The smallest absolute Gasteiger partial charge is 0.257 e. The summed E-state index contributed by atoms with van der Waals surface area (Å²) >= 11 is 1.51. The number of fused-ring (bicyclic) bond motifs is 1. The summed E-state index contributed by atoms with van der Waals surface area (Å²) in [5.74, 6) is 0.313. The fraction of sp³-hybridized carbons (Fsp3) is 0.375. The maximum atomic E-state index is 12.3. The van der Waals surface area contributed by atoms with Crippen LogP contribution in [0.3, 0.4) is 0 Å². The number of nitrogens with zero attached hydrogens (tertiary/aromatic N) is 1. The first kappa shape index (κ1) is 16.1. The van der Waals surface area contributed by atoms with E-state index in [2.05, 4.69) is 17.2 Å². The highest BCUT2D eigenvalue weighted by Crippen LogP contribution is 2.32. The molecule has 0 unspecified atom stereocenters. The third kappa shape index (κ3) is 3.61. The second-order valence-electron chi connectivity index (χ2n) is 5.99. The number of nitrogens with one attached hydrogen (secondary N) is 1. The molecule has 1 heterocycles. The summed E-state index contributed by atoms with van der Waals surface area (Å²) in [5.41, 5.74) is 1.39. The molecule has 3 rings (SSSR count). The summed E-state index contributed by atoms with van der Waals surface area (Å²) in [5, 5.41) is 3.36. The van der Waals surface area contributed by atoms with Crippen LogP contribution in [0.1, 0.15) is 34.3 Å². The number of thiazole rings is 1. The number of hydrogen-bond donors (Lipinski definition) is 1. The van der Waals surface area contributed by atoms with E-state index in [1.54, 1.807) is 12.1 Å². The maximum absolute atomic E-state index is 12.3. The molecule has 0 radical (unpaired) electrons. The summed E-state index contributed by atoms with van der Waals surface area (Å²) in [6, 6.07) is 6.04. The van der Waals surface area contributed by atoms with Crippen LogP contribution in [0, 0.1) is 5.92 Å². The van der Waals surface area contributed by atoms with Gasteiger partial charge >= 0.3 is 0 Å². The molecule has 0 saturated carbocycles. The van der Waals surface area contributed by atoms with Gasteiger partial charge in [0, 0.05) is 16.7 Å². The van der Waals surface area contributed by atoms with Crippen LogP contribution in [0.25, 0.3) is 0 Å². The number of carbonyl (C=O) groups excluding carboxylic acids is 1. The highest BCUT2D eigenvalue weighted by Gasteiger charge is 2.21. The number of rotatable bonds is 3. The molecule has 1 atom stereocenters. The van der Waals surface area contributed by atoms with Crippen molar-refractivity contribution in [2.24, 2.45) is 5.92 Å². The summed E-state index contributed by atoms with van der Waals surface area (Å²) in [7, 11) is -3.33. The van der Waals surface area contributed by atoms with Gasteiger partial charge in [-0.1, -0.05) is 13.0 Å². The minimum atomic E-state index is -3.33. The van der Waals surface area contributed by atoms with Gasteiger partial charge in [0.05, 0.1) is 10.6 Å². The van der Waals surface area contributed by atoms with E-state index >= 15 is 0 Å². The Labute approximate surface area is 139 Å². The van der Waals surface area contributed by atoms with Crippen molar-refractivity contribution in [1.82, 2.24) is 4.98 Å². The maximum Gasteiger partial charge on any atom is 0.257 e. The molecule has 2 aromatic rings. The molecule has 23 heavy (non-hydrogen) atoms. The van der Waals surface area contributed by atoms with Gasteiger partial charge in [0.2, 0.25) is 0 Å². The van der Waals surface area contributed by atoms with Crippen molar-refractivity contribution >= 4 is 32.2 Å². The summed E-state index contributed by atoms with van der Waals surface area (Å²) in [4.78, 5) is 18.2. The fourth-order valence-electron chi connectivity index (χ4n) is 2.63. The minimum absolute atomic E-state index is 0.136. The number of aromatic nitrogens is 1. The molecule has 0 spiro atoms. The van der Waals surface area contributed by atoms with Gasteiger partial charge in [-0.2, -0.15) is 0 Å². The van der Waals surface area contributed by atoms with Crippen molar-refractivity contribution in [3.63, 3.8) is 0 Å². The molecule has 1 amide bonds. The highest BCUT2D eigenvalue weighted by molar-refractivity contribution is 7.90. The lowest BCUT2D eigenvalue weighted by Gasteiger charge is -2.15. The van der Waals surface area contributed by atoms with Crippen molar-refractivity contribution < 1.29 is 13.2 Å². The molecular formula is C16H18N2O3S2. The highest BCUT2D eigenvalue weighted by atomic mass is 32.2. The van der Waals surface area contributed by atoms with E-state index in [1.165, 1.54) is 28.3 Å². The largest absolute Gasteiger partial charge is 0.298 e. The van der Waals surface area contributed by atoms with Gasteiger partial charge in [-0.3, -0.25) is 10.1 Å². The van der Waals surface area contributed by atoms with Crippen molar-refractivity contribution in [3.05, 3.63) is 40.4 Å². The number of hydrogen-bond acceptors (Lipinski definition) is 5. The lowest BCUT2D eigenvalue weighted by atomic mass is 9.93. The van der Waals surface area contributed by atoms with E-state index in [1.807, 2.05) is 0 Å². The van der Waals surface area contributed by atoms with E-state index in [4.69, 9.17) is 0 Å². The van der Waals surface area contributed by atoms with Gasteiger partial charge < -0.3 is 0 Å². The number of sulfone groups is 1. The van der Waals surface area contributed by atoms with E-state index in [0.717, 1.165) is 31.2 Å². The third-order valence-corrected chi connectivity index (χ3v) is 6.08. The fourth-order valence-corrected chi connectivity index (χ4v) is 4.46. The predicted molar refractivity (Wildman–Crippen MR) is 90.8 cm³/mol. The minimum Gasteiger partial charge on any atom is -0.298 e. The van der Waals surface area contributed by atoms with Gasteiger partial charge in [0.1, 0.15) is 0 Å². The quantitative estimate of drug-likeness (QED) is 0.923. The van der Waals surface area contributed by atoms with Crippen LogP contribution >= 0.6 is 11.3 Å². The Morgan fingerprint density at radius 2 is 2.17 bits per heavy atom. The first-order valence-corrected chi connectivity index (χ1v) is 10.1. The van der Waals surface area contributed by atoms with Crippen LogP contribution in [0.2, 0.25) is 0 Å². The van der Waals surface area contributed by atoms with Gasteiger partial charge in [-0.25, -0.2) is 13.4 Å². The summed E-state index contributed by atoms with van der Waals surface area (Å²) < 4.78 is 23.2. The van der Waals surface area contributed by atoms with E-state index in [9.17, 15) is 13.2 Å². The lowest BCUT2D eigenvalue weighted by Crippen LogP contribution is -2.12. The average molecular weight is 350 g/mol. The Bertz CT molecular complexity index is 856. The molecule has 1 N–H and O–H groups in total. The van der Waals surface area contributed by atoms with E-state index in [0.29, 0.717) is 16.6 Å². The zero-order valence-electron chi connectivity index (χ0n) is 13.0. The molecule has 0 saturated heterocycles. The normalized spacial score (nSPS) is 17.6. The summed E-state index contributed by atoms with van der Waals surface area (Å²) in [6.45, 7) is 2.22. The van der Waals surface area contributed by atoms with Gasteiger partial charge in [-0.05, 0) is 43.4 Å². The third-order valence-electron chi connectivity index (χ3n) is 3.93. The van der Waals surface area contributed by atoms with Crippen LogP contribution in [-0.2, 0) is 22.7 Å². The topological polar surface area (TPSA) is 76.1 Å². The molecular weight excluding hydrogens is 332 g/mol. The van der Waals surface area contributed by atoms with E-state index in [-0.39, 0.29) is 10.8 Å². The van der Waals surface area contributed by atoms with Crippen molar-refractivity contribution in [1.29, 1.82) is 0 Å². The zero-order chi connectivity index (χ0) is 16.6. The standard InChI is InChI=1S/C16H18N2O3S2/c1-10-6-7-13-14(8-10)22-16(17-13)18-15(19)11-4-3-5-12(9-11)23(2,20)21/h3-5,9-10H,6-8H2,1-2H3,(H,17,18,19)/t10-/m1/s1. The lowest BCUT2D eigenvalue weighted by molar-refractivity contribution is 0.102. The molecule has 1 aromatic heterocycles. The number of amides is 1. The molecule has 5 nitrogen and oxygen atoms in total. The zero-order valence-corrected chi connectivity index (χ0v) is 14.6. The second kappa shape index (κ2) is 6.05. The van der Waals surface area contributed by atoms with Crippen LogP contribution < -0.4 is 5.32 Å². The Morgan fingerprint density at radius 1 is 1.39 bits per heavy atom. The molecule has 1 aliphatic carbocycles. The Hall–Kier alpha value is -1.73. The van der Waals surface area contributed by atoms with Crippen LogP contribution in [0.4, 0.5) is 5.13 Å². The SMILES string of the molecule is C[C@@H]1CCc2nc(NC(=O)c3cccc(S(C)(=O)=O)c3)sc2C1. The van der Waals surface area contributed by atoms with Gasteiger partial charge in [0.15, 0.2) is 15.0 Å². The molecule has 0 aliphatic heterocycles. The molecule has 0 bridgehead atoms. The van der Waals surface area contributed by atoms with Crippen molar-refractivity contribution in [2.45, 2.75) is 31.1 Å². The van der Waals surface area contributed by atoms with Gasteiger partial charge in [0.25, 0.3) is 5.91 Å². The Morgan fingerprint density at radius 3 is 2.91 bits per heavy atom. The van der Waals surface area contributed by atoms with Crippen LogP contribution in [0.15, 0.2) is 29.2 Å².